The van der Waals surface area contributed by atoms with Gasteiger partial charge in [0.2, 0.25) is 0 Å². The Hall–Kier alpha value is -4.58. The van der Waals surface area contributed by atoms with Crippen molar-refractivity contribution in [2.45, 2.75) is 6.18 Å². The fourth-order valence-corrected chi connectivity index (χ4v) is 4.76. The zero-order valence-electron chi connectivity index (χ0n) is 20.7. The Morgan fingerprint density at radius 1 is 0.923 bits per heavy atom. The molecular weight excluding hydrogens is 511 g/mol. The third-order valence-electron chi connectivity index (χ3n) is 6.88. The Kier molecular flexibility index (Phi) is 5.91. The summed E-state index contributed by atoms with van der Waals surface area (Å²) in [5, 5.41) is 0.0210. The summed E-state index contributed by atoms with van der Waals surface area (Å²) >= 11 is 0. The van der Waals surface area contributed by atoms with Gasteiger partial charge in [0.15, 0.2) is 0 Å². The topological polar surface area (TPSA) is 100 Å². The number of aromatic nitrogens is 5. The van der Waals surface area contributed by atoms with E-state index in [2.05, 4.69) is 31.8 Å². The molecule has 0 amide bonds. The van der Waals surface area contributed by atoms with Crippen molar-refractivity contribution in [1.29, 1.82) is 0 Å². The summed E-state index contributed by atoms with van der Waals surface area (Å²) in [5.74, 6) is 0.852. The molecule has 9 nitrogen and oxygen atoms in total. The Bertz CT molecular complexity index is 1820. The lowest BCUT2D eigenvalue weighted by atomic mass is 10.1. The molecule has 198 valence electrons. The first kappa shape index (κ1) is 24.7. The molecule has 0 bridgehead atoms. The molecule has 0 atom stereocenters. The highest BCUT2D eigenvalue weighted by Crippen LogP contribution is 2.31. The Morgan fingerprint density at radius 3 is 2.44 bits per heavy atom. The van der Waals surface area contributed by atoms with Gasteiger partial charge >= 0.3 is 11.9 Å². The molecule has 1 saturated heterocycles. The minimum absolute atomic E-state index is 0.0210. The second kappa shape index (κ2) is 9.31. The number of nitrogens with zero attached hydrogens (tertiary/aromatic N) is 6. The van der Waals surface area contributed by atoms with Gasteiger partial charge < -0.3 is 9.80 Å². The molecule has 0 spiro atoms. The number of fused-ring (bicyclic) bond motifs is 3. The summed E-state index contributed by atoms with van der Waals surface area (Å²) in [5.41, 5.74) is -0.728. The van der Waals surface area contributed by atoms with Gasteiger partial charge in [0, 0.05) is 44.1 Å². The van der Waals surface area contributed by atoms with Crippen molar-refractivity contribution < 1.29 is 13.2 Å². The van der Waals surface area contributed by atoms with Gasteiger partial charge in [-0.05, 0) is 49.5 Å². The highest BCUT2D eigenvalue weighted by atomic mass is 19.4. The van der Waals surface area contributed by atoms with Crippen LogP contribution in [-0.4, -0.2) is 62.6 Å². The second-order valence-electron chi connectivity index (χ2n) is 9.42. The summed E-state index contributed by atoms with van der Waals surface area (Å²) < 4.78 is 41.4. The monoisotopic (exact) mass is 533 g/mol. The number of halogens is 3. The molecule has 5 heterocycles. The van der Waals surface area contributed by atoms with Gasteiger partial charge in [-0.3, -0.25) is 19.3 Å². The second-order valence-corrected chi connectivity index (χ2v) is 9.42. The number of rotatable bonds is 3. The average molecular weight is 534 g/mol. The van der Waals surface area contributed by atoms with Gasteiger partial charge in [0.1, 0.15) is 11.3 Å². The van der Waals surface area contributed by atoms with Crippen molar-refractivity contribution in [3.8, 4) is 16.9 Å². The first-order chi connectivity index (χ1) is 18.7. The maximum absolute atomic E-state index is 13.4. The fraction of sp³-hybridized carbons (Fsp3) is 0.222. The molecule has 4 aromatic heterocycles. The van der Waals surface area contributed by atoms with Crippen LogP contribution in [0.5, 0.6) is 0 Å². The molecule has 1 aromatic carbocycles. The third-order valence-corrected chi connectivity index (χ3v) is 6.88. The zero-order valence-corrected chi connectivity index (χ0v) is 20.7. The van der Waals surface area contributed by atoms with Crippen LogP contribution < -0.4 is 16.1 Å². The maximum Gasteiger partial charge on any atom is 0.416 e. The number of hydrogen-bond donors (Lipinski definition) is 1. The first-order valence-corrected chi connectivity index (χ1v) is 12.2. The number of pyridine rings is 3. The highest BCUT2D eigenvalue weighted by Gasteiger charge is 2.31. The molecule has 12 heteroatoms. The Balaban J connectivity index is 1.51. The van der Waals surface area contributed by atoms with Crippen LogP contribution in [0.1, 0.15) is 5.56 Å². The number of H-pyrrole nitrogens is 1. The van der Waals surface area contributed by atoms with Gasteiger partial charge in [-0.25, -0.2) is 14.8 Å². The van der Waals surface area contributed by atoms with Gasteiger partial charge in [0.25, 0.3) is 5.56 Å². The molecule has 1 fully saturated rings. The van der Waals surface area contributed by atoms with E-state index in [4.69, 9.17) is 4.98 Å². The lowest BCUT2D eigenvalue weighted by Gasteiger charge is -2.33. The standard InChI is InChI=1S/C27H22F3N7O2/c1-35-9-11-36(12-10-35)22-8-5-16(14-32-22)20-6-7-21-23(33-20)24-19(15-31-21)25(38)34-26(39)37(24)18-4-2-3-17(13-18)27(28,29)30/h2-8,13-15H,9-12H2,1H3,(H,34,38,39). The summed E-state index contributed by atoms with van der Waals surface area (Å²) in [6.07, 6.45) is -1.63. The van der Waals surface area contributed by atoms with Gasteiger partial charge in [-0.1, -0.05) is 6.07 Å². The summed E-state index contributed by atoms with van der Waals surface area (Å²) in [6.45, 7) is 3.64. The minimum Gasteiger partial charge on any atom is -0.354 e. The fourth-order valence-electron chi connectivity index (χ4n) is 4.76. The highest BCUT2D eigenvalue weighted by molar-refractivity contribution is 6.01. The molecule has 0 radical (unpaired) electrons. The van der Waals surface area contributed by atoms with Crippen molar-refractivity contribution in [2.24, 2.45) is 0 Å². The van der Waals surface area contributed by atoms with Crippen LogP contribution in [0.3, 0.4) is 0 Å². The minimum atomic E-state index is -4.62. The molecule has 6 rings (SSSR count). The smallest absolute Gasteiger partial charge is 0.354 e. The average Bonchev–Trinajstić information content (AvgIpc) is 2.93. The SMILES string of the molecule is CN1CCN(c2ccc(-c3ccc4ncc5c(=O)[nH]c(=O)n(-c6cccc(C(F)(F)F)c6)c5c4n3)cn2)CC1. The molecule has 39 heavy (non-hydrogen) atoms. The number of anilines is 1. The number of piperazine rings is 1. The van der Waals surface area contributed by atoms with E-state index in [1.165, 1.54) is 18.3 Å². The molecule has 0 saturated carbocycles. The van der Waals surface area contributed by atoms with Crippen LogP contribution in [-0.2, 0) is 6.18 Å². The predicted octanol–water partition coefficient (Wildman–Crippen LogP) is 3.45. The number of aromatic amines is 1. The lowest BCUT2D eigenvalue weighted by molar-refractivity contribution is -0.137. The zero-order chi connectivity index (χ0) is 27.3. The van der Waals surface area contributed by atoms with Crippen LogP contribution in [0, 0.1) is 0 Å². The van der Waals surface area contributed by atoms with E-state index in [1.807, 2.05) is 12.1 Å². The third kappa shape index (κ3) is 4.52. The van der Waals surface area contributed by atoms with Crippen molar-refractivity contribution in [3.05, 3.63) is 87.3 Å². The maximum atomic E-state index is 13.4. The number of hydrogen-bond acceptors (Lipinski definition) is 7. The van der Waals surface area contributed by atoms with Crippen molar-refractivity contribution in [2.75, 3.05) is 38.1 Å². The van der Waals surface area contributed by atoms with E-state index in [9.17, 15) is 22.8 Å². The van der Waals surface area contributed by atoms with E-state index in [0.717, 1.165) is 48.7 Å². The van der Waals surface area contributed by atoms with E-state index >= 15 is 0 Å². The van der Waals surface area contributed by atoms with E-state index in [0.29, 0.717) is 16.8 Å². The van der Waals surface area contributed by atoms with Crippen LogP contribution >= 0.6 is 0 Å². The molecular formula is C27H22F3N7O2. The predicted molar refractivity (Wildman–Crippen MR) is 141 cm³/mol. The van der Waals surface area contributed by atoms with E-state index in [-0.39, 0.29) is 22.1 Å². The van der Waals surface area contributed by atoms with E-state index in [1.54, 1.807) is 18.3 Å². The Morgan fingerprint density at radius 2 is 1.72 bits per heavy atom. The number of benzene rings is 1. The Labute approximate surface area is 219 Å². The van der Waals surface area contributed by atoms with Crippen molar-refractivity contribution in [1.82, 2.24) is 29.4 Å². The lowest BCUT2D eigenvalue weighted by Crippen LogP contribution is -2.44. The molecule has 5 aromatic rings. The van der Waals surface area contributed by atoms with Crippen LogP contribution in [0.2, 0.25) is 0 Å². The first-order valence-electron chi connectivity index (χ1n) is 12.2. The number of alkyl halides is 3. The normalized spacial score (nSPS) is 14.8. The summed E-state index contributed by atoms with van der Waals surface area (Å²) in [4.78, 5) is 45.9. The quantitative estimate of drug-likeness (QED) is 0.355. The van der Waals surface area contributed by atoms with Gasteiger partial charge in [-0.15, -0.1) is 0 Å². The van der Waals surface area contributed by atoms with Crippen LogP contribution in [0.25, 0.3) is 38.9 Å². The van der Waals surface area contributed by atoms with Gasteiger partial charge in [-0.2, -0.15) is 13.2 Å². The van der Waals surface area contributed by atoms with E-state index < -0.39 is 23.0 Å². The number of nitrogens with one attached hydrogen (secondary N) is 1. The molecule has 0 aliphatic carbocycles. The summed E-state index contributed by atoms with van der Waals surface area (Å²) in [7, 11) is 2.08. The van der Waals surface area contributed by atoms with Crippen molar-refractivity contribution in [3.63, 3.8) is 0 Å². The molecule has 1 aliphatic rings. The number of likely N-dealkylation sites (N-methyl/N-ethyl adjacent to an activating group) is 1. The van der Waals surface area contributed by atoms with Gasteiger partial charge in [0.05, 0.1) is 33.4 Å². The largest absolute Gasteiger partial charge is 0.416 e. The van der Waals surface area contributed by atoms with Crippen LogP contribution in [0.15, 0.2) is 70.5 Å². The van der Waals surface area contributed by atoms with Crippen molar-refractivity contribution >= 4 is 27.8 Å². The summed E-state index contributed by atoms with van der Waals surface area (Å²) in [6, 6.07) is 11.6. The molecule has 1 N–H and O–H groups in total. The van der Waals surface area contributed by atoms with Crippen LogP contribution in [0.4, 0.5) is 19.0 Å². The molecule has 0 unspecified atom stereocenters. The molecule has 1 aliphatic heterocycles.